The number of alkyl halides is 3. The van der Waals surface area contributed by atoms with Crippen molar-refractivity contribution in [2.75, 3.05) is 0 Å². The van der Waals surface area contributed by atoms with Crippen LogP contribution in [0.15, 0.2) is 30.3 Å². The van der Waals surface area contributed by atoms with E-state index in [9.17, 15) is 13.2 Å². The van der Waals surface area contributed by atoms with Crippen molar-refractivity contribution in [3.63, 3.8) is 0 Å². The Morgan fingerprint density at radius 1 is 1.07 bits per heavy atom. The van der Waals surface area contributed by atoms with E-state index in [1.54, 1.807) is 13.8 Å². The summed E-state index contributed by atoms with van der Waals surface area (Å²) in [6.45, 7) is 3.22. The highest BCUT2D eigenvalue weighted by molar-refractivity contribution is 8.01. The van der Waals surface area contributed by atoms with Crippen LogP contribution in [0.3, 0.4) is 0 Å². The van der Waals surface area contributed by atoms with Gasteiger partial charge in [-0.3, -0.25) is 0 Å². The van der Waals surface area contributed by atoms with Crippen molar-refractivity contribution in [3.8, 4) is 0 Å². The van der Waals surface area contributed by atoms with Gasteiger partial charge in [0.25, 0.3) is 0 Å². The van der Waals surface area contributed by atoms with Crippen LogP contribution in [0.4, 0.5) is 13.2 Å². The van der Waals surface area contributed by atoms with Crippen LogP contribution >= 0.6 is 11.8 Å². The van der Waals surface area contributed by atoms with E-state index in [1.807, 2.05) is 30.3 Å². The molecule has 84 valence electrons. The molecule has 0 nitrogen and oxygen atoms in total. The molecule has 0 aliphatic rings. The van der Waals surface area contributed by atoms with Crippen molar-refractivity contribution in [1.29, 1.82) is 0 Å². The summed E-state index contributed by atoms with van der Waals surface area (Å²) in [7, 11) is 0. The zero-order chi connectivity index (χ0) is 11.5. The molecule has 0 fully saturated rings. The maximum atomic E-state index is 12.2. The first-order valence-electron chi connectivity index (χ1n) is 4.59. The second-order valence-corrected chi connectivity index (χ2v) is 5.74. The Morgan fingerprint density at radius 2 is 1.60 bits per heavy atom. The first-order valence-corrected chi connectivity index (χ1v) is 5.41. The zero-order valence-electron chi connectivity index (χ0n) is 8.64. The molecule has 0 atom stereocenters. The molecule has 1 rings (SSSR count). The van der Waals surface area contributed by atoms with Gasteiger partial charge in [-0.1, -0.05) is 44.2 Å². The normalized spacial score (nSPS) is 12.9. The summed E-state index contributed by atoms with van der Waals surface area (Å²) in [5.41, 5.74) is -3.24. The Kier molecular flexibility index (Phi) is 3.71. The smallest absolute Gasteiger partial charge is 0.160 e. The highest BCUT2D eigenvalue weighted by atomic mass is 32.2. The molecule has 0 bridgehead atoms. The topological polar surface area (TPSA) is 0 Å². The van der Waals surface area contributed by atoms with Crippen molar-refractivity contribution in [2.45, 2.75) is 30.5 Å². The van der Waals surface area contributed by atoms with E-state index in [1.165, 1.54) is 0 Å². The lowest BCUT2D eigenvalue weighted by molar-refractivity contribution is -0.0340. The van der Waals surface area contributed by atoms with Gasteiger partial charge < -0.3 is 0 Å². The van der Waals surface area contributed by atoms with Crippen LogP contribution in [0.2, 0.25) is 0 Å². The summed E-state index contributed by atoms with van der Waals surface area (Å²) in [5.74, 6) is 0. The molecule has 0 heterocycles. The van der Waals surface area contributed by atoms with Crippen molar-refractivity contribution >= 4 is 11.8 Å². The lowest BCUT2D eigenvalue weighted by Gasteiger charge is -2.25. The van der Waals surface area contributed by atoms with E-state index in [2.05, 4.69) is 0 Å². The fraction of sp³-hybridized carbons (Fsp3) is 0.455. The van der Waals surface area contributed by atoms with Crippen LogP contribution in [0.25, 0.3) is 0 Å². The minimum Gasteiger partial charge on any atom is -0.160 e. The zero-order valence-corrected chi connectivity index (χ0v) is 9.45. The molecule has 0 saturated heterocycles. The molecule has 0 radical (unpaired) electrons. The third-order valence-electron chi connectivity index (χ3n) is 1.86. The molecule has 4 heteroatoms. The van der Waals surface area contributed by atoms with Gasteiger partial charge in [0.2, 0.25) is 0 Å². The average Bonchev–Trinajstić information content (AvgIpc) is 1.99. The Morgan fingerprint density at radius 3 is 2.07 bits per heavy atom. The van der Waals surface area contributed by atoms with Crippen LogP contribution in [-0.4, -0.2) is 10.3 Å². The highest BCUT2D eigenvalue weighted by Crippen LogP contribution is 2.41. The molecule has 0 saturated carbocycles. The van der Waals surface area contributed by atoms with Crippen LogP contribution in [-0.2, 0) is 6.42 Å². The third-order valence-corrected chi connectivity index (χ3v) is 2.79. The van der Waals surface area contributed by atoms with E-state index in [0.29, 0.717) is 6.42 Å². The molecule has 1 aromatic rings. The second-order valence-electron chi connectivity index (χ2n) is 3.97. The summed E-state index contributed by atoms with van der Waals surface area (Å²) in [6.07, 6.45) is 0.415. The van der Waals surface area contributed by atoms with Crippen LogP contribution in [0.5, 0.6) is 0 Å². The van der Waals surface area contributed by atoms with Gasteiger partial charge in [-0.05, 0) is 23.7 Å². The van der Waals surface area contributed by atoms with E-state index >= 15 is 0 Å². The van der Waals surface area contributed by atoms with Gasteiger partial charge in [0, 0.05) is 4.75 Å². The second kappa shape index (κ2) is 4.47. The van der Waals surface area contributed by atoms with Crippen LogP contribution < -0.4 is 0 Å². The molecule has 0 aromatic heterocycles. The van der Waals surface area contributed by atoms with E-state index in [0.717, 1.165) is 5.56 Å². The standard InChI is InChI=1S/C11H13F3S/c1-10(2,15-11(12,13)14)8-9-6-4-3-5-7-9/h3-7H,8H2,1-2H3. The summed E-state index contributed by atoms with van der Waals surface area (Å²) in [4.78, 5) is 0. The number of benzene rings is 1. The molecule has 15 heavy (non-hydrogen) atoms. The number of halogens is 3. The maximum absolute atomic E-state index is 12.2. The Hall–Kier alpha value is -0.640. The van der Waals surface area contributed by atoms with Gasteiger partial charge in [0.15, 0.2) is 0 Å². The van der Waals surface area contributed by atoms with Crippen LogP contribution in [0, 0.1) is 0 Å². The van der Waals surface area contributed by atoms with Crippen molar-refractivity contribution in [1.82, 2.24) is 0 Å². The third kappa shape index (κ3) is 5.11. The molecule has 0 aliphatic heterocycles. The average molecular weight is 234 g/mol. The maximum Gasteiger partial charge on any atom is 0.442 e. The number of hydrogen-bond donors (Lipinski definition) is 0. The summed E-state index contributed by atoms with van der Waals surface area (Å²) >= 11 is 0.0539. The molecule has 0 spiro atoms. The van der Waals surface area contributed by atoms with Gasteiger partial charge in [0.1, 0.15) is 0 Å². The molecule has 0 N–H and O–H groups in total. The van der Waals surface area contributed by atoms with Crippen molar-refractivity contribution in [2.24, 2.45) is 0 Å². The minimum absolute atomic E-state index is 0.0539. The lowest BCUT2D eigenvalue weighted by atomic mass is 10.0. The Labute approximate surface area is 91.9 Å². The number of rotatable bonds is 3. The Bertz CT molecular complexity index is 303. The molecule has 0 aliphatic carbocycles. The largest absolute Gasteiger partial charge is 0.442 e. The fourth-order valence-corrected chi connectivity index (χ4v) is 2.30. The lowest BCUT2D eigenvalue weighted by Crippen LogP contribution is -2.23. The van der Waals surface area contributed by atoms with Crippen LogP contribution in [0.1, 0.15) is 19.4 Å². The summed E-state index contributed by atoms with van der Waals surface area (Å²) in [5, 5.41) is 0. The minimum atomic E-state index is -4.17. The monoisotopic (exact) mass is 234 g/mol. The molecular formula is C11H13F3S. The quantitative estimate of drug-likeness (QED) is 0.753. The number of hydrogen-bond acceptors (Lipinski definition) is 1. The highest BCUT2D eigenvalue weighted by Gasteiger charge is 2.37. The summed E-state index contributed by atoms with van der Waals surface area (Å²) < 4.78 is 35.8. The molecule has 0 unspecified atom stereocenters. The molecule has 1 aromatic carbocycles. The molecular weight excluding hydrogens is 221 g/mol. The van der Waals surface area contributed by atoms with Gasteiger partial charge in [0.05, 0.1) is 0 Å². The van der Waals surface area contributed by atoms with Crippen molar-refractivity contribution in [3.05, 3.63) is 35.9 Å². The predicted octanol–water partition coefficient (Wildman–Crippen LogP) is 4.26. The van der Waals surface area contributed by atoms with E-state index in [-0.39, 0.29) is 11.8 Å². The van der Waals surface area contributed by atoms with Gasteiger partial charge >= 0.3 is 5.51 Å². The predicted molar refractivity (Wildman–Crippen MR) is 57.9 cm³/mol. The fourth-order valence-electron chi connectivity index (χ4n) is 1.44. The van der Waals surface area contributed by atoms with Gasteiger partial charge in [-0.15, -0.1) is 0 Å². The van der Waals surface area contributed by atoms with E-state index < -0.39 is 10.3 Å². The van der Waals surface area contributed by atoms with Gasteiger partial charge in [-0.25, -0.2) is 0 Å². The van der Waals surface area contributed by atoms with Gasteiger partial charge in [-0.2, -0.15) is 13.2 Å². The van der Waals surface area contributed by atoms with E-state index in [4.69, 9.17) is 0 Å². The first-order chi connectivity index (χ1) is 6.79. The first kappa shape index (κ1) is 12.4. The SMILES string of the molecule is CC(C)(Cc1ccccc1)SC(F)(F)F. The summed E-state index contributed by atoms with van der Waals surface area (Å²) in [6, 6.07) is 9.22. The number of thioether (sulfide) groups is 1. The van der Waals surface area contributed by atoms with Crippen molar-refractivity contribution < 1.29 is 13.2 Å². The Balaban J connectivity index is 2.65. The molecule has 0 amide bonds.